The summed E-state index contributed by atoms with van der Waals surface area (Å²) < 4.78 is 10.3. The lowest BCUT2D eigenvalue weighted by Crippen LogP contribution is -2.38. The number of rotatable bonds is 8. The monoisotopic (exact) mass is 280 g/mol. The SMILES string of the molecule is CCOC(=O)C(C)(CCCOc1ccccc1)C(=O)O. The van der Waals surface area contributed by atoms with E-state index in [-0.39, 0.29) is 13.0 Å². The van der Waals surface area contributed by atoms with Gasteiger partial charge in [-0.05, 0) is 38.8 Å². The molecule has 110 valence electrons. The van der Waals surface area contributed by atoms with E-state index in [4.69, 9.17) is 9.47 Å². The van der Waals surface area contributed by atoms with Crippen molar-refractivity contribution in [3.05, 3.63) is 30.3 Å². The molecule has 0 aliphatic carbocycles. The van der Waals surface area contributed by atoms with Crippen LogP contribution in [0.3, 0.4) is 0 Å². The van der Waals surface area contributed by atoms with E-state index in [0.29, 0.717) is 13.0 Å². The lowest BCUT2D eigenvalue weighted by atomic mass is 9.85. The molecule has 0 saturated carbocycles. The molecule has 0 aliphatic heterocycles. The van der Waals surface area contributed by atoms with Gasteiger partial charge in [0.25, 0.3) is 0 Å². The number of para-hydroxylation sites is 1. The fraction of sp³-hybridized carbons (Fsp3) is 0.467. The Hall–Kier alpha value is -2.04. The summed E-state index contributed by atoms with van der Waals surface area (Å²) in [6, 6.07) is 9.24. The van der Waals surface area contributed by atoms with E-state index in [0.717, 1.165) is 5.75 Å². The summed E-state index contributed by atoms with van der Waals surface area (Å²) in [6.07, 6.45) is 0.629. The van der Waals surface area contributed by atoms with Crippen LogP contribution in [0.2, 0.25) is 0 Å². The van der Waals surface area contributed by atoms with Gasteiger partial charge in [-0.2, -0.15) is 0 Å². The molecule has 0 aliphatic rings. The number of esters is 1. The number of aliphatic carboxylic acids is 1. The predicted molar refractivity (Wildman–Crippen MR) is 73.5 cm³/mol. The van der Waals surface area contributed by atoms with Gasteiger partial charge in [0.15, 0.2) is 5.41 Å². The summed E-state index contributed by atoms with van der Waals surface area (Å²) in [5, 5.41) is 9.20. The van der Waals surface area contributed by atoms with Crippen molar-refractivity contribution in [2.45, 2.75) is 26.7 Å². The molecule has 1 unspecified atom stereocenters. The Morgan fingerprint density at radius 3 is 2.45 bits per heavy atom. The van der Waals surface area contributed by atoms with Crippen LogP contribution < -0.4 is 4.74 Å². The van der Waals surface area contributed by atoms with Gasteiger partial charge in [0.1, 0.15) is 5.75 Å². The fourth-order valence-electron chi connectivity index (χ4n) is 1.72. The average Bonchev–Trinajstić information content (AvgIpc) is 2.44. The van der Waals surface area contributed by atoms with E-state index in [1.807, 2.05) is 30.3 Å². The molecule has 0 saturated heterocycles. The number of carbonyl (C=O) groups excluding carboxylic acids is 1. The largest absolute Gasteiger partial charge is 0.494 e. The van der Waals surface area contributed by atoms with Crippen LogP contribution in [0, 0.1) is 5.41 Å². The topological polar surface area (TPSA) is 72.8 Å². The molecule has 20 heavy (non-hydrogen) atoms. The van der Waals surface area contributed by atoms with Gasteiger partial charge >= 0.3 is 11.9 Å². The first-order valence-corrected chi connectivity index (χ1v) is 6.59. The molecule has 5 nitrogen and oxygen atoms in total. The van der Waals surface area contributed by atoms with Crippen molar-refractivity contribution >= 4 is 11.9 Å². The Morgan fingerprint density at radius 1 is 1.25 bits per heavy atom. The van der Waals surface area contributed by atoms with Crippen molar-refractivity contribution in [1.82, 2.24) is 0 Å². The van der Waals surface area contributed by atoms with E-state index in [2.05, 4.69) is 0 Å². The molecular formula is C15H20O5. The summed E-state index contributed by atoms with van der Waals surface area (Å²) in [7, 11) is 0. The predicted octanol–water partition coefficient (Wildman–Crippen LogP) is 2.50. The number of ether oxygens (including phenoxy) is 2. The van der Waals surface area contributed by atoms with Crippen molar-refractivity contribution in [3.63, 3.8) is 0 Å². The molecule has 1 aromatic carbocycles. The van der Waals surface area contributed by atoms with E-state index in [1.165, 1.54) is 6.92 Å². The third-order valence-corrected chi connectivity index (χ3v) is 3.03. The van der Waals surface area contributed by atoms with Crippen molar-refractivity contribution in [1.29, 1.82) is 0 Å². The van der Waals surface area contributed by atoms with Crippen LogP contribution in [-0.2, 0) is 14.3 Å². The zero-order valence-corrected chi connectivity index (χ0v) is 11.8. The van der Waals surface area contributed by atoms with Gasteiger partial charge in [-0.15, -0.1) is 0 Å². The minimum absolute atomic E-state index is 0.169. The lowest BCUT2D eigenvalue weighted by molar-refractivity contribution is -0.167. The highest BCUT2D eigenvalue weighted by molar-refractivity contribution is 5.98. The summed E-state index contributed by atoms with van der Waals surface area (Å²) in [6.45, 7) is 3.56. The first kappa shape index (κ1) is 16.0. The normalized spacial score (nSPS) is 13.3. The Bertz CT molecular complexity index is 443. The molecule has 0 aromatic heterocycles. The molecule has 5 heteroatoms. The van der Waals surface area contributed by atoms with Crippen molar-refractivity contribution in [3.8, 4) is 5.75 Å². The Morgan fingerprint density at radius 2 is 1.90 bits per heavy atom. The third-order valence-electron chi connectivity index (χ3n) is 3.03. The van der Waals surface area contributed by atoms with Crippen LogP contribution in [0.25, 0.3) is 0 Å². The summed E-state index contributed by atoms with van der Waals surface area (Å²) in [5.74, 6) is -1.15. The number of hydrogen-bond donors (Lipinski definition) is 1. The fourth-order valence-corrected chi connectivity index (χ4v) is 1.72. The molecule has 0 amide bonds. The van der Waals surface area contributed by atoms with Crippen LogP contribution in [0.15, 0.2) is 30.3 Å². The number of carbonyl (C=O) groups is 2. The van der Waals surface area contributed by atoms with Gasteiger partial charge in [-0.3, -0.25) is 9.59 Å². The zero-order chi connectivity index (χ0) is 15.0. The minimum atomic E-state index is -1.52. The van der Waals surface area contributed by atoms with Crippen LogP contribution in [-0.4, -0.2) is 30.3 Å². The van der Waals surface area contributed by atoms with Gasteiger partial charge < -0.3 is 14.6 Å². The zero-order valence-electron chi connectivity index (χ0n) is 11.8. The van der Waals surface area contributed by atoms with Crippen LogP contribution in [0.1, 0.15) is 26.7 Å². The second-order valence-electron chi connectivity index (χ2n) is 4.62. The molecule has 1 rings (SSSR count). The number of benzene rings is 1. The first-order valence-electron chi connectivity index (χ1n) is 6.59. The Kier molecular flexibility index (Phi) is 6.03. The Labute approximate surface area is 118 Å². The van der Waals surface area contributed by atoms with Crippen molar-refractivity contribution in [2.24, 2.45) is 5.41 Å². The molecule has 1 atom stereocenters. The van der Waals surface area contributed by atoms with Gasteiger partial charge in [0.2, 0.25) is 0 Å². The van der Waals surface area contributed by atoms with Crippen LogP contribution in [0.5, 0.6) is 5.75 Å². The van der Waals surface area contributed by atoms with Crippen LogP contribution in [0.4, 0.5) is 0 Å². The second-order valence-corrected chi connectivity index (χ2v) is 4.62. The van der Waals surface area contributed by atoms with Crippen molar-refractivity contribution < 1.29 is 24.2 Å². The minimum Gasteiger partial charge on any atom is -0.494 e. The molecule has 0 bridgehead atoms. The Balaban J connectivity index is 2.47. The molecule has 0 spiro atoms. The van der Waals surface area contributed by atoms with Gasteiger partial charge in [-0.1, -0.05) is 18.2 Å². The van der Waals surface area contributed by atoms with Gasteiger partial charge in [0, 0.05) is 0 Å². The molecule has 0 heterocycles. The number of hydrogen-bond acceptors (Lipinski definition) is 4. The van der Waals surface area contributed by atoms with Crippen molar-refractivity contribution in [2.75, 3.05) is 13.2 Å². The molecule has 1 aromatic rings. The molecular weight excluding hydrogens is 260 g/mol. The van der Waals surface area contributed by atoms with E-state index in [1.54, 1.807) is 6.92 Å². The first-order chi connectivity index (χ1) is 9.50. The summed E-state index contributed by atoms with van der Waals surface area (Å²) >= 11 is 0. The average molecular weight is 280 g/mol. The lowest BCUT2D eigenvalue weighted by Gasteiger charge is -2.22. The number of carboxylic acids is 1. The number of carboxylic acid groups (broad SMARTS) is 1. The standard InChI is InChI=1S/C15H20O5/c1-3-19-14(18)15(2,13(16)17)10-7-11-20-12-8-5-4-6-9-12/h4-6,8-9H,3,7,10-11H2,1-2H3,(H,16,17). The maximum absolute atomic E-state index is 11.7. The smallest absolute Gasteiger partial charge is 0.323 e. The van der Waals surface area contributed by atoms with E-state index >= 15 is 0 Å². The maximum Gasteiger partial charge on any atom is 0.323 e. The summed E-state index contributed by atoms with van der Waals surface area (Å²) in [5.41, 5.74) is -1.52. The molecule has 0 fully saturated rings. The van der Waals surface area contributed by atoms with E-state index < -0.39 is 17.4 Å². The van der Waals surface area contributed by atoms with E-state index in [9.17, 15) is 14.7 Å². The van der Waals surface area contributed by atoms with Gasteiger partial charge in [-0.25, -0.2) is 0 Å². The maximum atomic E-state index is 11.7. The molecule has 0 radical (unpaired) electrons. The summed E-state index contributed by atoms with van der Waals surface area (Å²) in [4.78, 5) is 23.0. The highest BCUT2D eigenvalue weighted by Gasteiger charge is 2.42. The highest BCUT2D eigenvalue weighted by atomic mass is 16.5. The molecule has 1 N–H and O–H groups in total. The van der Waals surface area contributed by atoms with Crippen LogP contribution >= 0.6 is 0 Å². The third kappa shape index (κ3) is 4.26. The van der Waals surface area contributed by atoms with Gasteiger partial charge in [0.05, 0.1) is 13.2 Å². The quantitative estimate of drug-likeness (QED) is 0.450. The highest BCUT2D eigenvalue weighted by Crippen LogP contribution is 2.26. The second kappa shape index (κ2) is 7.53.